The maximum atomic E-state index is 12.3. The van der Waals surface area contributed by atoms with Gasteiger partial charge in [-0.15, -0.1) is 11.3 Å². The Kier molecular flexibility index (Phi) is 5.78. The minimum Gasteiger partial charge on any atom is -0.504 e. The Morgan fingerprint density at radius 3 is 2.96 bits per heavy atom. The third-order valence-electron chi connectivity index (χ3n) is 4.46. The van der Waals surface area contributed by atoms with Crippen molar-refractivity contribution in [2.75, 3.05) is 13.7 Å². The first kappa shape index (κ1) is 18.3. The van der Waals surface area contributed by atoms with E-state index in [1.807, 2.05) is 4.90 Å². The number of phenols is 1. The summed E-state index contributed by atoms with van der Waals surface area (Å²) < 4.78 is 5.05. The van der Waals surface area contributed by atoms with E-state index in [1.165, 1.54) is 23.6 Å². The fourth-order valence-electron chi connectivity index (χ4n) is 2.96. The highest BCUT2D eigenvalue weighted by atomic mass is 32.1. The molecule has 6 nitrogen and oxygen atoms in total. The van der Waals surface area contributed by atoms with Gasteiger partial charge in [-0.3, -0.25) is 9.59 Å². The Bertz CT molecular complexity index is 803. The van der Waals surface area contributed by atoms with Crippen molar-refractivity contribution >= 4 is 23.2 Å². The molecule has 2 aromatic rings. The Hall–Kier alpha value is -2.54. The highest BCUT2D eigenvalue weighted by molar-refractivity contribution is 7.10. The van der Waals surface area contributed by atoms with Gasteiger partial charge in [0.15, 0.2) is 11.5 Å². The van der Waals surface area contributed by atoms with Crippen molar-refractivity contribution in [1.29, 1.82) is 0 Å². The molecule has 0 atom stereocenters. The summed E-state index contributed by atoms with van der Waals surface area (Å²) in [6.45, 7) is 1.69. The molecule has 0 aliphatic carbocycles. The molecule has 0 radical (unpaired) electrons. The van der Waals surface area contributed by atoms with Gasteiger partial charge in [0, 0.05) is 37.4 Å². The van der Waals surface area contributed by atoms with Gasteiger partial charge < -0.3 is 20.1 Å². The number of methoxy groups -OCH3 is 1. The molecule has 2 amide bonds. The molecule has 0 spiro atoms. The van der Waals surface area contributed by atoms with Crippen molar-refractivity contribution in [3.05, 3.63) is 45.6 Å². The molecule has 138 valence electrons. The molecule has 0 saturated carbocycles. The standard InChI is InChI=1S/C19H22N2O4S/c1-25-16-10-13(2-3-15(16)22)11-20-18(23)4-5-19(24)21-8-6-17-14(12-21)7-9-26-17/h2-3,7,9-10,22H,4-6,8,11-12H2,1H3,(H,20,23). The molecule has 1 aliphatic rings. The molecule has 0 fully saturated rings. The average Bonchev–Trinajstić information content (AvgIpc) is 3.13. The number of phenolic OH excluding ortho intramolecular Hbond substituents is 1. The van der Waals surface area contributed by atoms with E-state index in [9.17, 15) is 14.7 Å². The highest BCUT2D eigenvalue weighted by Gasteiger charge is 2.21. The highest BCUT2D eigenvalue weighted by Crippen LogP contribution is 2.26. The summed E-state index contributed by atoms with van der Waals surface area (Å²) >= 11 is 1.74. The number of amides is 2. The maximum Gasteiger partial charge on any atom is 0.223 e. The van der Waals surface area contributed by atoms with Crippen LogP contribution in [0.15, 0.2) is 29.6 Å². The molecule has 1 aromatic carbocycles. The van der Waals surface area contributed by atoms with Crippen LogP contribution in [0.4, 0.5) is 0 Å². The summed E-state index contributed by atoms with van der Waals surface area (Å²) in [7, 11) is 1.47. The van der Waals surface area contributed by atoms with Crippen LogP contribution >= 0.6 is 11.3 Å². The van der Waals surface area contributed by atoms with E-state index >= 15 is 0 Å². The van der Waals surface area contributed by atoms with Gasteiger partial charge in [0.2, 0.25) is 11.8 Å². The number of hydrogen-bond acceptors (Lipinski definition) is 5. The van der Waals surface area contributed by atoms with E-state index in [4.69, 9.17) is 4.74 Å². The van der Waals surface area contributed by atoms with Crippen molar-refractivity contribution in [3.8, 4) is 11.5 Å². The number of rotatable bonds is 6. The quantitative estimate of drug-likeness (QED) is 0.814. The van der Waals surface area contributed by atoms with Gasteiger partial charge >= 0.3 is 0 Å². The number of hydrogen-bond donors (Lipinski definition) is 2. The monoisotopic (exact) mass is 374 g/mol. The molecule has 2 heterocycles. The zero-order valence-corrected chi connectivity index (χ0v) is 15.5. The third kappa shape index (κ3) is 4.35. The van der Waals surface area contributed by atoms with E-state index in [0.29, 0.717) is 18.8 Å². The van der Waals surface area contributed by atoms with Gasteiger partial charge in [-0.25, -0.2) is 0 Å². The number of fused-ring (bicyclic) bond motifs is 1. The van der Waals surface area contributed by atoms with Crippen LogP contribution in [0.3, 0.4) is 0 Å². The molecule has 1 aliphatic heterocycles. The van der Waals surface area contributed by atoms with E-state index in [2.05, 4.69) is 16.8 Å². The second-order valence-electron chi connectivity index (χ2n) is 6.22. The lowest BCUT2D eigenvalue weighted by atomic mass is 10.1. The van der Waals surface area contributed by atoms with Crippen molar-refractivity contribution in [2.24, 2.45) is 0 Å². The SMILES string of the molecule is COc1cc(CNC(=O)CCC(=O)N2CCc3sccc3C2)ccc1O. The van der Waals surface area contributed by atoms with Crippen molar-refractivity contribution in [1.82, 2.24) is 10.2 Å². The Morgan fingerprint density at radius 2 is 2.15 bits per heavy atom. The first-order chi connectivity index (χ1) is 12.6. The number of ether oxygens (including phenoxy) is 1. The van der Waals surface area contributed by atoms with Gasteiger partial charge in [0.1, 0.15) is 0 Å². The second-order valence-corrected chi connectivity index (χ2v) is 7.22. The summed E-state index contributed by atoms with van der Waals surface area (Å²) in [6, 6.07) is 6.99. The van der Waals surface area contributed by atoms with Crippen LogP contribution in [-0.2, 0) is 29.1 Å². The zero-order valence-electron chi connectivity index (χ0n) is 14.7. The predicted octanol–water partition coefficient (Wildman–Crippen LogP) is 2.44. The van der Waals surface area contributed by atoms with E-state index < -0.39 is 0 Å². The lowest BCUT2D eigenvalue weighted by Gasteiger charge is -2.27. The van der Waals surface area contributed by atoms with Gasteiger partial charge in [-0.05, 0) is 41.1 Å². The molecule has 26 heavy (non-hydrogen) atoms. The van der Waals surface area contributed by atoms with Crippen molar-refractivity contribution < 1.29 is 19.4 Å². The fraction of sp³-hybridized carbons (Fsp3) is 0.368. The third-order valence-corrected chi connectivity index (χ3v) is 5.48. The van der Waals surface area contributed by atoms with Crippen molar-refractivity contribution in [2.45, 2.75) is 32.4 Å². The first-order valence-electron chi connectivity index (χ1n) is 8.52. The number of thiophene rings is 1. The molecule has 1 aromatic heterocycles. The summed E-state index contributed by atoms with van der Waals surface area (Å²) in [4.78, 5) is 27.5. The normalized spacial score (nSPS) is 13.2. The van der Waals surface area contributed by atoms with Crippen LogP contribution in [0.5, 0.6) is 11.5 Å². The summed E-state index contributed by atoms with van der Waals surface area (Å²) in [6.07, 6.45) is 1.28. The molecule has 0 saturated heterocycles. The smallest absolute Gasteiger partial charge is 0.223 e. The van der Waals surface area contributed by atoms with Gasteiger partial charge in [0.05, 0.1) is 7.11 Å². The van der Waals surface area contributed by atoms with Gasteiger partial charge in [0.25, 0.3) is 0 Å². The van der Waals surface area contributed by atoms with Gasteiger partial charge in [-0.1, -0.05) is 6.07 Å². The zero-order chi connectivity index (χ0) is 18.5. The van der Waals surface area contributed by atoms with Crippen LogP contribution < -0.4 is 10.1 Å². The van der Waals surface area contributed by atoms with Crippen molar-refractivity contribution in [3.63, 3.8) is 0 Å². The number of nitrogens with one attached hydrogen (secondary N) is 1. The molecule has 2 N–H and O–H groups in total. The van der Waals surface area contributed by atoms with E-state index in [0.717, 1.165) is 18.5 Å². The Labute approximate surface area is 156 Å². The Morgan fingerprint density at radius 1 is 1.31 bits per heavy atom. The molecule has 3 rings (SSSR count). The summed E-state index contributed by atoms with van der Waals surface area (Å²) in [5.41, 5.74) is 2.04. The number of carbonyl (C=O) groups is 2. The maximum absolute atomic E-state index is 12.3. The lowest BCUT2D eigenvalue weighted by molar-refractivity contribution is -0.134. The van der Waals surface area contributed by atoms with Crippen LogP contribution in [0, 0.1) is 0 Å². The number of aromatic hydroxyl groups is 1. The fourth-order valence-corrected chi connectivity index (χ4v) is 3.85. The second kappa shape index (κ2) is 8.23. The predicted molar refractivity (Wildman–Crippen MR) is 99.2 cm³/mol. The Balaban J connectivity index is 1.43. The number of benzene rings is 1. The number of nitrogens with zero attached hydrogens (tertiary/aromatic N) is 1. The van der Waals surface area contributed by atoms with E-state index in [-0.39, 0.29) is 30.4 Å². The number of carbonyl (C=O) groups excluding carboxylic acids is 2. The molecule has 0 bridgehead atoms. The largest absolute Gasteiger partial charge is 0.504 e. The van der Waals surface area contributed by atoms with Crippen LogP contribution in [-0.4, -0.2) is 35.5 Å². The molecule has 0 unspecified atom stereocenters. The molecular weight excluding hydrogens is 352 g/mol. The minimum atomic E-state index is -0.168. The van der Waals surface area contributed by atoms with E-state index in [1.54, 1.807) is 23.5 Å². The minimum absolute atomic E-state index is 0.0169. The molecule has 7 heteroatoms. The molecular formula is C19H22N2O4S. The van der Waals surface area contributed by atoms with Crippen LogP contribution in [0.2, 0.25) is 0 Å². The van der Waals surface area contributed by atoms with Crippen LogP contribution in [0.1, 0.15) is 28.8 Å². The van der Waals surface area contributed by atoms with Crippen LogP contribution in [0.25, 0.3) is 0 Å². The topological polar surface area (TPSA) is 78.9 Å². The summed E-state index contributed by atoms with van der Waals surface area (Å²) in [5.74, 6) is 0.273. The average molecular weight is 374 g/mol. The lowest BCUT2D eigenvalue weighted by Crippen LogP contribution is -2.36. The first-order valence-corrected chi connectivity index (χ1v) is 9.40. The van der Waals surface area contributed by atoms with Gasteiger partial charge in [-0.2, -0.15) is 0 Å². The summed E-state index contributed by atoms with van der Waals surface area (Å²) in [5, 5.41) is 14.4.